The molecule has 2 N–H and O–H groups in total. The maximum absolute atomic E-state index is 12.1. The molecule has 0 saturated carbocycles. The van der Waals surface area contributed by atoms with E-state index < -0.39 is 0 Å². The molecule has 0 aliphatic rings. The fourth-order valence-corrected chi connectivity index (χ4v) is 3.75. The highest BCUT2D eigenvalue weighted by Gasteiger charge is 2.17. The summed E-state index contributed by atoms with van der Waals surface area (Å²) in [6.45, 7) is 7.09. The molecule has 1 atom stereocenters. The van der Waals surface area contributed by atoms with Crippen LogP contribution in [0.15, 0.2) is 83.4 Å². The van der Waals surface area contributed by atoms with Crippen molar-refractivity contribution in [3.05, 3.63) is 90.0 Å². The van der Waals surface area contributed by atoms with Crippen LogP contribution in [0.3, 0.4) is 0 Å². The van der Waals surface area contributed by atoms with E-state index in [4.69, 9.17) is 4.52 Å². The number of nitrogens with one attached hydrogen (secondary N) is 2. The fraction of sp³-hybridized carbons (Fsp3) is 0.250. The predicted octanol–water partition coefficient (Wildman–Crippen LogP) is 6.35. The van der Waals surface area contributed by atoms with Crippen LogP contribution in [0, 0.1) is 5.92 Å². The molecule has 6 heteroatoms. The Kier molecular flexibility index (Phi) is 7.38. The smallest absolute Gasteiger partial charge is 0.258 e. The molecule has 1 aromatic heterocycles. The Morgan fingerprint density at radius 3 is 2.26 bits per heavy atom. The summed E-state index contributed by atoms with van der Waals surface area (Å²) in [5, 5.41) is 10.6. The lowest BCUT2D eigenvalue weighted by Crippen LogP contribution is -2.23. The van der Waals surface area contributed by atoms with Crippen LogP contribution in [-0.2, 0) is 0 Å². The Balaban J connectivity index is 1.47. The van der Waals surface area contributed by atoms with Gasteiger partial charge < -0.3 is 15.2 Å². The molecular formula is C28H30N4O2. The zero-order chi connectivity index (χ0) is 23.9. The van der Waals surface area contributed by atoms with Gasteiger partial charge in [-0.1, -0.05) is 68.4 Å². The van der Waals surface area contributed by atoms with Crippen LogP contribution in [0.5, 0.6) is 0 Å². The average molecular weight is 455 g/mol. The van der Waals surface area contributed by atoms with Crippen molar-refractivity contribution < 1.29 is 9.32 Å². The molecule has 0 saturated heterocycles. The highest BCUT2D eigenvalue weighted by molar-refractivity contribution is 5.94. The second kappa shape index (κ2) is 10.8. The van der Waals surface area contributed by atoms with Crippen LogP contribution in [0.1, 0.15) is 49.2 Å². The molecule has 1 heterocycles. The highest BCUT2D eigenvalue weighted by Crippen LogP contribution is 2.29. The summed E-state index contributed by atoms with van der Waals surface area (Å²) >= 11 is 0. The molecule has 0 spiro atoms. The first kappa shape index (κ1) is 23.2. The topological polar surface area (TPSA) is 80.0 Å². The SMILES string of the molecule is CCCNC(=O)c1ccc(N[C@H](c2ccc(-c3nc(-c4ccccc4)no3)cc2)C(C)C)cc1. The van der Waals surface area contributed by atoms with Gasteiger partial charge in [0.2, 0.25) is 5.82 Å². The van der Waals surface area contributed by atoms with Crippen LogP contribution in [0.2, 0.25) is 0 Å². The van der Waals surface area contributed by atoms with Gasteiger partial charge in [-0.3, -0.25) is 4.79 Å². The lowest BCUT2D eigenvalue weighted by molar-refractivity contribution is 0.0953. The van der Waals surface area contributed by atoms with E-state index in [0.717, 1.165) is 28.8 Å². The van der Waals surface area contributed by atoms with Gasteiger partial charge >= 0.3 is 0 Å². The predicted molar refractivity (Wildman–Crippen MR) is 135 cm³/mol. The van der Waals surface area contributed by atoms with E-state index in [1.807, 2.05) is 73.7 Å². The van der Waals surface area contributed by atoms with E-state index in [1.165, 1.54) is 0 Å². The second-order valence-corrected chi connectivity index (χ2v) is 8.61. The number of carbonyl (C=O) groups excluding carboxylic acids is 1. The summed E-state index contributed by atoms with van der Waals surface area (Å²) < 4.78 is 5.49. The van der Waals surface area contributed by atoms with E-state index in [0.29, 0.717) is 29.7 Å². The van der Waals surface area contributed by atoms with Gasteiger partial charge in [0.25, 0.3) is 11.8 Å². The minimum atomic E-state index is -0.0409. The van der Waals surface area contributed by atoms with Crippen LogP contribution in [-0.4, -0.2) is 22.6 Å². The molecule has 6 nitrogen and oxygen atoms in total. The third-order valence-corrected chi connectivity index (χ3v) is 5.65. The number of aromatic nitrogens is 2. The molecule has 174 valence electrons. The van der Waals surface area contributed by atoms with Gasteiger partial charge in [0.1, 0.15) is 0 Å². The summed E-state index contributed by atoms with van der Waals surface area (Å²) in [5.41, 5.74) is 4.60. The Bertz CT molecular complexity index is 1200. The summed E-state index contributed by atoms with van der Waals surface area (Å²) in [7, 11) is 0. The number of amides is 1. The van der Waals surface area contributed by atoms with Gasteiger partial charge in [-0.25, -0.2) is 0 Å². The van der Waals surface area contributed by atoms with Crippen molar-refractivity contribution in [2.24, 2.45) is 5.92 Å². The third-order valence-electron chi connectivity index (χ3n) is 5.65. The van der Waals surface area contributed by atoms with Crippen molar-refractivity contribution in [1.82, 2.24) is 15.5 Å². The molecule has 4 rings (SSSR count). The van der Waals surface area contributed by atoms with E-state index in [1.54, 1.807) is 0 Å². The molecule has 0 unspecified atom stereocenters. The summed E-state index contributed by atoms with van der Waals surface area (Å²) in [4.78, 5) is 16.7. The summed E-state index contributed by atoms with van der Waals surface area (Å²) in [6, 6.07) is 25.7. The number of benzene rings is 3. The van der Waals surface area contributed by atoms with Crippen molar-refractivity contribution in [3.63, 3.8) is 0 Å². The molecule has 0 radical (unpaired) electrons. The van der Waals surface area contributed by atoms with Gasteiger partial charge in [0, 0.05) is 28.9 Å². The van der Waals surface area contributed by atoms with Crippen LogP contribution in [0.4, 0.5) is 5.69 Å². The molecule has 34 heavy (non-hydrogen) atoms. The first-order valence-corrected chi connectivity index (χ1v) is 11.7. The van der Waals surface area contributed by atoms with Gasteiger partial charge in [0.05, 0.1) is 6.04 Å². The summed E-state index contributed by atoms with van der Waals surface area (Å²) in [6.07, 6.45) is 0.918. The van der Waals surface area contributed by atoms with Crippen LogP contribution < -0.4 is 10.6 Å². The number of rotatable bonds is 9. The van der Waals surface area contributed by atoms with E-state index in [9.17, 15) is 4.79 Å². The Hall–Kier alpha value is -3.93. The standard InChI is InChI=1S/C28H30N4O2/c1-4-18-29-27(33)22-14-16-24(17-15-22)30-25(19(2)3)20-10-12-23(13-11-20)28-31-26(32-34-28)21-8-6-5-7-9-21/h5-17,19,25,30H,4,18H2,1-3H3,(H,29,33)/t25-/m0/s1. The number of hydrogen-bond donors (Lipinski definition) is 2. The van der Waals surface area contributed by atoms with E-state index in [2.05, 4.69) is 46.8 Å². The lowest BCUT2D eigenvalue weighted by atomic mass is 9.94. The molecular weight excluding hydrogens is 424 g/mol. The van der Waals surface area contributed by atoms with E-state index in [-0.39, 0.29) is 11.9 Å². The van der Waals surface area contributed by atoms with Crippen molar-refractivity contribution in [3.8, 4) is 22.8 Å². The Morgan fingerprint density at radius 2 is 1.62 bits per heavy atom. The van der Waals surface area contributed by atoms with Crippen molar-refractivity contribution in [2.45, 2.75) is 33.2 Å². The van der Waals surface area contributed by atoms with Gasteiger partial charge in [-0.05, 0) is 54.3 Å². The number of hydrogen-bond acceptors (Lipinski definition) is 5. The lowest BCUT2D eigenvalue weighted by Gasteiger charge is -2.24. The highest BCUT2D eigenvalue weighted by atomic mass is 16.5. The zero-order valence-corrected chi connectivity index (χ0v) is 19.8. The van der Waals surface area contributed by atoms with Crippen molar-refractivity contribution >= 4 is 11.6 Å². The Morgan fingerprint density at radius 1 is 0.912 bits per heavy atom. The molecule has 0 aliphatic heterocycles. The third kappa shape index (κ3) is 5.52. The second-order valence-electron chi connectivity index (χ2n) is 8.61. The van der Waals surface area contributed by atoms with E-state index >= 15 is 0 Å². The minimum absolute atomic E-state index is 0.0409. The normalized spacial score (nSPS) is 11.9. The summed E-state index contributed by atoms with van der Waals surface area (Å²) in [5.74, 6) is 1.39. The maximum atomic E-state index is 12.1. The molecule has 4 aromatic rings. The molecule has 0 fully saturated rings. The number of carbonyl (C=O) groups is 1. The van der Waals surface area contributed by atoms with Gasteiger partial charge in [0.15, 0.2) is 0 Å². The Labute approximate surface area is 200 Å². The molecule has 3 aromatic carbocycles. The molecule has 1 amide bonds. The van der Waals surface area contributed by atoms with Gasteiger partial charge in [-0.15, -0.1) is 0 Å². The quantitative estimate of drug-likeness (QED) is 0.308. The fourth-order valence-electron chi connectivity index (χ4n) is 3.75. The molecule has 0 bridgehead atoms. The molecule has 0 aliphatic carbocycles. The first-order valence-electron chi connectivity index (χ1n) is 11.7. The van der Waals surface area contributed by atoms with Crippen molar-refractivity contribution in [1.29, 1.82) is 0 Å². The van der Waals surface area contributed by atoms with Crippen molar-refractivity contribution in [2.75, 3.05) is 11.9 Å². The largest absolute Gasteiger partial charge is 0.378 e. The maximum Gasteiger partial charge on any atom is 0.258 e. The zero-order valence-electron chi connectivity index (χ0n) is 19.8. The van der Waals surface area contributed by atoms with Crippen LogP contribution >= 0.6 is 0 Å². The number of anilines is 1. The number of nitrogens with zero attached hydrogens (tertiary/aromatic N) is 2. The minimum Gasteiger partial charge on any atom is -0.378 e. The van der Waals surface area contributed by atoms with Gasteiger partial charge in [-0.2, -0.15) is 4.98 Å². The first-order chi connectivity index (χ1) is 16.5. The van der Waals surface area contributed by atoms with Crippen LogP contribution in [0.25, 0.3) is 22.8 Å². The monoisotopic (exact) mass is 454 g/mol. The average Bonchev–Trinajstić information content (AvgIpc) is 3.37.